The summed E-state index contributed by atoms with van der Waals surface area (Å²) in [5, 5.41) is 3.74. The summed E-state index contributed by atoms with van der Waals surface area (Å²) in [5.74, 6) is 0.857. The molecule has 0 saturated carbocycles. The quantitative estimate of drug-likeness (QED) is 0.146. The number of hydrogen-bond donors (Lipinski definition) is 1. The number of para-hydroxylation sites is 1. The molecular weight excluding hydrogens is 860 g/mol. The number of aromatic nitrogens is 1. The maximum Gasteiger partial charge on any atom is 0.135 e. The van der Waals surface area contributed by atoms with E-state index in [1.165, 1.54) is 16.7 Å². The molecule has 0 atom stereocenters. The normalized spacial score (nSPS) is 11.8. The van der Waals surface area contributed by atoms with Gasteiger partial charge in [0.2, 0.25) is 0 Å². The molecule has 0 aliphatic carbocycles. The van der Waals surface area contributed by atoms with Crippen LogP contribution >= 0.6 is 11.8 Å². The first-order valence-electron chi connectivity index (χ1n) is 18.2. The van der Waals surface area contributed by atoms with Crippen LogP contribution in [0.15, 0.2) is 137 Å². The van der Waals surface area contributed by atoms with Gasteiger partial charge in [-0.2, -0.15) is 30.3 Å². The predicted molar refractivity (Wildman–Crippen MR) is 227 cm³/mol. The molecule has 1 heterocycles. The van der Waals surface area contributed by atoms with Crippen molar-refractivity contribution in [2.45, 2.75) is 88.3 Å². The van der Waals surface area contributed by atoms with Crippen molar-refractivity contribution in [1.29, 1.82) is 0 Å². The van der Waals surface area contributed by atoms with Gasteiger partial charge in [0.1, 0.15) is 5.82 Å². The molecule has 6 heteroatoms. The van der Waals surface area contributed by atoms with Crippen molar-refractivity contribution in [3.8, 4) is 0 Å². The Morgan fingerprint density at radius 3 is 1.81 bits per heavy atom. The molecule has 6 rings (SSSR count). The largest absolute Gasteiger partial charge is 0.516 e. The number of nitrogens with one attached hydrogen (secondary N) is 1. The van der Waals surface area contributed by atoms with E-state index in [1.807, 2.05) is 17.2 Å². The third-order valence-corrected chi connectivity index (χ3v) is 10.2. The summed E-state index contributed by atoms with van der Waals surface area (Å²) in [6.07, 6.45) is 1.90. The monoisotopic (exact) mass is 910 g/mol. The minimum atomic E-state index is -0.0104. The summed E-state index contributed by atoms with van der Waals surface area (Å²) in [7, 11) is 4.54. The van der Waals surface area contributed by atoms with E-state index in [9.17, 15) is 0 Å². The van der Waals surface area contributed by atoms with Gasteiger partial charge in [-0.1, -0.05) is 104 Å². The molecular formula is C48H51N4PtS-3. The fourth-order valence-corrected chi connectivity index (χ4v) is 6.90. The van der Waals surface area contributed by atoms with Crippen LogP contribution in [0.5, 0.6) is 0 Å². The Labute approximate surface area is 342 Å². The summed E-state index contributed by atoms with van der Waals surface area (Å²) in [6.45, 7) is 20.1. The SMILES string of the molecule is [CH2-]N(c1[c-]c(Sc2[c-]c(N(c3ccccc3)c3cc(C(C)(C)C)ccn3)ccc2)ccc1)c1ccc(C(C)(C)C)cc1Nc1cccc(C(C)(C)C)c1.[Pt]. The molecule has 1 aromatic heterocycles. The molecule has 54 heavy (non-hydrogen) atoms. The molecule has 0 radical (unpaired) electrons. The van der Waals surface area contributed by atoms with Crippen LogP contribution in [0.3, 0.4) is 0 Å². The minimum absolute atomic E-state index is 0. The fourth-order valence-electron chi connectivity index (χ4n) is 6.06. The molecule has 4 nitrogen and oxygen atoms in total. The molecule has 1 N–H and O–H groups in total. The van der Waals surface area contributed by atoms with E-state index in [1.54, 1.807) is 11.8 Å². The summed E-state index contributed by atoms with van der Waals surface area (Å²) < 4.78 is 0. The second-order valence-corrected chi connectivity index (χ2v) is 17.7. The molecule has 0 unspecified atom stereocenters. The fraction of sp³-hybridized carbons (Fsp3) is 0.250. The zero-order valence-corrected chi connectivity index (χ0v) is 36.0. The second kappa shape index (κ2) is 16.6. The number of benzene rings is 5. The molecule has 0 bridgehead atoms. The third kappa shape index (κ3) is 9.86. The average molecular weight is 911 g/mol. The number of hydrogen-bond acceptors (Lipinski definition) is 5. The van der Waals surface area contributed by atoms with Crippen molar-refractivity contribution < 1.29 is 21.1 Å². The van der Waals surface area contributed by atoms with Gasteiger partial charge in [-0.15, -0.1) is 45.4 Å². The van der Waals surface area contributed by atoms with E-state index in [-0.39, 0.29) is 37.3 Å². The summed E-state index contributed by atoms with van der Waals surface area (Å²) >= 11 is 1.63. The smallest absolute Gasteiger partial charge is 0.135 e. The number of nitrogens with zero attached hydrogens (tertiary/aromatic N) is 3. The van der Waals surface area contributed by atoms with Crippen LogP contribution in [0.1, 0.15) is 79.0 Å². The van der Waals surface area contributed by atoms with E-state index in [4.69, 9.17) is 4.98 Å². The Bertz CT molecular complexity index is 2180. The van der Waals surface area contributed by atoms with Crippen LogP contribution in [0, 0.1) is 19.2 Å². The number of anilines is 7. The molecule has 0 saturated heterocycles. The second-order valence-electron chi connectivity index (χ2n) is 16.6. The zero-order chi connectivity index (χ0) is 38.0. The van der Waals surface area contributed by atoms with Crippen molar-refractivity contribution in [2.24, 2.45) is 0 Å². The first-order valence-corrected chi connectivity index (χ1v) is 19.0. The van der Waals surface area contributed by atoms with E-state index >= 15 is 0 Å². The first-order chi connectivity index (χ1) is 25.1. The van der Waals surface area contributed by atoms with Crippen LogP contribution < -0.4 is 15.1 Å². The van der Waals surface area contributed by atoms with Crippen molar-refractivity contribution in [1.82, 2.24) is 4.98 Å². The van der Waals surface area contributed by atoms with Crippen LogP contribution in [0.2, 0.25) is 0 Å². The summed E-state index contributed by atoms with van der Waals surface area (Å²) in [5.41, 5.74) is 9.61. The van der Waals surface area contributed by atoms with E-state index < -0.39 is 0 Å². The van der Waals surface area contributed by atoms with E-state index in [0.29, 0.717) is 0 Å². The molecule has 0 amide bonds. The van der Waals surface area contributed by atoms with Gasteiger partial charge in [0.25, 0.3) is 0 Å². The Kier molecular flexibility index (Phi) is 12.6. The van der Waals surface area contributed by atoms with Crippen LogP contribution in [-0.4, -0.2) is 4.98 Å². The van der Waals surface area contributed by atoms with Gasteiger partial charge in [0, 0.05) is 44.3 Å². The van der Waals surface area contributed by atoms with Crippen molar-refractivity contribution >= 4 is 51.7 Å². The Morgan fingerprint density at radius 1 is 0.593 bits per heavy atom. The van der Waals surface area contributed by atoms with Crippen molar-refractivity contribution in [2.75, 3.05) is 15.1 Å². The van der Waals surface area contributed by atoms with Crippen LogP contribution in [0.4, 0.5) is 39.9 Å². The third-order valence-electron chi connectivity index (χ3n) is 9.27. The van der Waals surface area contributed by atoms with Gasteiger partial charge >= 0.3 is 0 Å². The van der Waals surface area contributed by atoms with Gasteiger partial charge in [-0.25, -0.2) is 4.98 Å². The molecule has 0 aliphatic rings. The van der Waals surface area contributed by atoms with Crippen molar-refractivity contribution in [3.63, 3.8) is 0 Å². The van der Waals surface area contributed by atoms with Gasteiger partial charge in [0.15, 0.2) is 0 Å². The standard InChI is InChI=1S/C48H51N4S.Pt/c1-46(2,3)34-17-14-18-37(29-34)50-43-30-35(47(4,5)6)25-26-44(43)51(10)39-21-15-23-41(32-39)53-42-24-16-22-40(33-42)52(38-19-12-11-13-20-38)45-31-36(27-28-49-45)48(7,8)9;/h11-31,50H,10H2,1-9H3;/q-3;. The summed E-state index contributed by atoms with van der Waals surface area (Å²) in [6, 6.07) is 49.8. The van der Waals surface area contributed by atoms with Crippen LogP contribution in [-0.2, 0) is 37.3 Å². The topological polar surface area (TPSA) is 31.4 Å². The maximum absolute atomic E-state index is 4.82. The molecule has 282 valence electrons. The van der Waals surface area contributed by atoms with Gasteiger partial charge in [-0.3, -0.25) is 7.05 Å². The number of rotatable bonds is 9. The first kappa shape index (κ1) is 40.9. The molecule has 0 fully saturated rings. The zero-order valence-electron chi connectivity index (χ0n) is 32.9. The molecule has 6 aromatic rings. The predicted octanol–water partition coefficient (Wildman–Crippen LogP) is 13.9. The minimum Gasteiger partial charge on any atom is -0.516 e. The molecule has 0 aliphatic heterocycles. The van der Waals surface area contributed by atoms with Gasteiger partial charge in [-0.05, 0) is 81.5 Å². The molecule has 5 aromatic carbocycles. The summed E-state index contributed by atoms with van der Waals surface area (Å²) in [4.78, 5) is 10.9. The Balaban J connectivity index is 0.00000561. The Morgan fingerprint density at radius 2 is 1.17 bits per heavy atom. The van der Waals surface area contributed by atoms with Crippen LogP contribution in [0.25, 0.3) is 0 Å². The molecule has 0 spiro atoms. The van der Waals surface area contributed by atoms with E-state index in [0.717, 1.165) is 49.7 Å². The van der Waals surface area contributed by atoms with E-state index in [2.05, 4.69) is 207 Å². The van der Waals surface area contributed by atoms with Gasteiger partial charge in [0.05, 0.1) is 5.69 Å². The maximum atomic E-state index is 4.82. The van der Waals surface area contributed by atoms with Crippen molar-refractivity contribution in [3.05, 3.63) is 163 Å². The van der Waals surface area contributed by atoms with Gasteiger partial charge < -0.3 is 15.1 Å². The average Bonchev–Trinajstić information content (AvgIpc) is 3.11. The number of pyridine rings is 1. The Hall–Kier alpha value is -4.31.